The number of hydrogen-bond donors (Lipinski definition) is 0. The van der Waals surface area contributed by atoms with Crippen LogP contribution < -0.4 is 4.74 Å². The largest absolute Gasteiger partial charge is 0.481 e. The van der Waals surface area contributed by atoms with Crippen LogP contribution in [0.5, 0.6) is 5.88 Å². The summed E-state index contributed by atoms with van der Waals surface area (Å²) in [7, 11) is 1.55. The molecule has 8 nitrogen and oxygen atoms in total. The van der Waals surface area contributed by atoms with Gasteiger partial charge in [0.25, 0.3) is 11.8 Å². The Morgan fingerprint density at radius 1 is 0.935 bits per heavy atom. The van der Waals surface area contributed by atoms with Crippen molar-refractivity contribution in [2.45, 2.75) is 45.1 Å². The van der Waals surface area contributed by atoms with E-state index in [0.29, 0.717) is 36.1 Å². The van der Waals surface area contributed by atoms with Crippen LogP contribution in [0.15, 0.2) is 30.7 Å². The zero-order chi connectivity index (χ0) is 21.8. The molecule has 2 aromatic rings. The molecule has 0 saturated carbocycles. The minimum atomic E-state index is -0.0278. The average molecular weight is 424 g/mol. The fourth-order valence-electron chi connectivity index (χ4n) is 4.65. The Labute approximate surface area is 182 Å². The van der Waals surface area contributed by atoms with Crippen molar-refractivity contribution in [3.8, 4) is 5.88 Å². The molecule has 0 spiro atoms. The van der Waals surface area contributed by atoms with Crippen molar-refractivity contribution in [2.75, 3.05) is 26.7 Å². The van der Waals surface area contributed by atoms with E-state index in [9.17, 15) is 9.59 Å². The van der Waals surface area contributed by atoms with Gasteiger partial charge in [-0.25, -0.2) is 9.97 Å². The van der Waals surface area contributed by atoms with Crippen LogP contribution in [0.4, 0.5) is 0 Å². The molecule has 2 saturated heterocycles. The lowest BCUT2D eigenvalue weighted by molar-refractivity contribution is 0.0370. The molecule has 0 aliphatic carbocycles. The van der Waals surface area contributed by atoms with Gasteiger partial charge in [-0.05, 0) is 51.0 Å². The van der Waals surface area contributed by atoms with Gasteiger partial charge >= 0.3 is 0 Å². The van der Waals surface area contributed by atoms with Gasteiger partial charge in [-0.3, -0.25) is 14.6 Å². The van der Waals surface area contributed by atoms with Crippen LogP contribution in [0.2, 0.25) is 0 Å². The van der Waals surface area contributed by atoms with Crippen molar-refractivity contribution in [3.05, 3.63) is 47.7 Å². The van der Waals surface area contributed by atoms with Gasteiger partial charge < -0.3 is 14.5 Å². The number of pyridine rings is 1. The predicted molar refractivity (Wildman–Crippen MR) is 115 cm³/mol. The first kappa shape index (κ1) is 21.2. The van der Waals surface area contributed by atoms with E-state index in [2.05, 4.69) is 15.0 Å². The number of methoxy groups -OCH3 is 1. The Hall–Kier alpha value is -3.03. The lowest BCUT2D eigenvalue weighted by Crippen LogP contribution is -2.51. The maximum absolute atomic E-state index is 13.1. The van der Waals surface area contributed by atoms with Gasteiger partial charge in [-0.2, -0.15) is 0 Å². The number of ether oxygens (including phenoxy) is 1. The van der Waals surface area contributed by atoms with E-state index < -0.39 is 0 Å². The Morgan fingerprint density at radius 2 is 1.74 bits per heavy atom. The van der Waals surface area contributed by atoms with Crippen molar-refractivity contribution in [1.29, 1.82) is 0 Å². The normalized spacial score (nSPS) is 19.9. The van der Waals surface area contributed by atoms with Crippen LogP contribution in [0.25, 0.3) is 0 Å². The second-order valence-corrected chi connectivity index (χ2v) is 8.32. The Kier molecular flexibility index (Phi) is 6.44. The fourth-order valence-corrected chi connectivity index (χ4v) is 4.65. The van der Waals surface area contributed by atoms with Gasteiger partial charge in [0.2, 0.25) is 5.88 Å². The molecule has 2 aromatic heterocycles. The lowest BCUT2D eigenvalue weighted by atomic mass is 9.83. The zero-order valence-electron chi connectivity index (χ0n) is 18.2. The van der Waals surface area contributed by atoms with Crippen molar-refractivity contribution >= 4 is 11.8 Å². The highest BCUT2D eigenvalue weighted by Gasteiger charge is 2.36. The summed E-state index contributed by atoms with van der Waals surface area (Å²) in [5.41, 5.74) is 1.79. The summed E-state index contributed by atoms with van der Waals surface area (Å²) in [6.07, 6.45) is 9.72. The molecule has 4 heterocycles. The summed E-state index contributed by atoms with van der Waals surface area (Å²) in [4.78, 5) is 42.5. The summed E-state index contributed by atoms with van der Waals surface area (Å²) in [5.74, 6) is 0.858. The molecule has 0 radical (unpaired) electrons. The molecule has 31 heavy (non-hydrogen) atoms. The Bertz CT molecular complexity index is 908. The topological polar surface area (TPSA) is 88.5 Å². The summed E-state index contributed by atoms with van der Waals surface area (Å²) < 4.78 is 5.07. The van der Waals surface area contributed by atoms with E-state index >= 15 is 0 Å². The molecule has 164 valence electrons. The molecular weight excluding hydrogens is 394 g/mol. The number of likely N-dealkylation sites (tertiary alicyclic amines) is 2. The van der Waals surface area contributed by atoms with Gasteiger partial charge in [0.15, 0.2) is 0 Å². The van der Waals surface area contributed by atoms with Crippen molar-refractivity contribution in [1.82, 2.24) is 24.8 Å². The highest BCUT2D eigenvalue weighted by atomic mass is 16.5. The minimum Gasteiger partial charge on any atom is -0.481 e. The van der Waals surface area contributed by atoms with E-state index in [0.717, 1.165) is 44.3 Å². The van der Waals surface area contributed by atoms with E-state index in [1.165, 1.54) is 0 Å². The average Bonchev–Trinajstić information content (AvgIpc) is 2.84. The zero-order valence-corrected chi connectivity index (χ0v) is 18.2. The molecular formula is C23H29N5O3. The van der Waals surface area contributed by atoms with E-state index in [4.69, 9.17) is 4.74 Å². The third-order valence-electron chi connectivity index (χ3n) is 6.37. The SMILES string of the molecule is COc1ccc(C(=O)N2CCC([C@H]3CCCCN3C(=O)c3cnc(C)cn3)CC2)cn1. The molecule has 2 aliphatic heterocycles. The first-order valence-corrected chi connectivity index (χ1v) is 11.0. The number of aromatic nitrogens is 3. The van der Waals surface area contributed by atoms with Gasteiger partial charge in [0.05, 0.1) is 24.6 Å². The Balaban J connectivity index is 1.39. The molecule has 0 aromatic carbocycles. The highest BCUT2D eigenvalue weighted by Crippen LogP contribution is 2.31. The van der Waals surface area contributed by atoms with Gasteiger partial charge in [-0.1, -0.05) is 0 Å². The first-order valence-electron chi connectivity index (χ1n) is 11.0. The number of piperidine rings is 2. The monoisotopic (exact) mass is 423 g/mol. The molecule has 2 fully saturated rings. The van der Waals surface area contributed by atoms with Crippen LogP contribution in [-0.4, -0.2) is 69.4 Å². The molecule has 0 bridgehead atoms. The second-order valence-electron chi connectivity index (χ2n) is 8.32. The van der Waals surface area contributed by atoms with Crippen LogP contribution in [0.3, 0.4) is 0 Å². The van der Waals surface area contributed by atoms with Gasteiger partial charge in [-0.15, -0.1) is 0 Å². The second kappa shape index (κ2) is 9.41. The van der Waals surface area contributed by atoms with Crippen LogP contribution in [0, 0.1) is 12.8 Å². The fraction of sp³-hybridized carbons (Fsp3) is 0.522. The number of hydrogen-bond acceptors (Lipinski definition) is 6. The number of carbonyl (C=O) groups excluding carboxylic acids is 2. The molecule has 2 amide bonds. The Morgan fingerprint density at radius 3 is 2.39 bits per heavy atom. The minimum absolute atomic E-state index is 0.000101. The summed E-state index contributed by atoms with van der Waals surface area (Å²) in [6, 6.07) is 3.66. The van der Waals surface area contributed by atoms with Crippen LogP contribution >= 0.6 is 0 Å². The van der Waals surface area contributed by atoms with Crippen LogP contribution in [0.1, 0.15) is 58.6 Å². The number of carbonyl (C=O) groups is 2. The van der Waals surface area contributed by atoms with Crippen molar-refractivity contribution in [2.24, 2.45) is 5.92 Å². The lowest BCUT2D eigenvalue weighted by Gasteiger charge is -2.43. The number of aryl methyl sites for hydroxylation is 1. The van der Waals surface area contributed by atoms with Crippen LogP contribution in [-0.2, 0) is 0 Å². The van der Waals surface area contributed by atoms with E-state index in [1.807, 2.05) is 16.7 Å². The number of rotatable bonds is 4. The quantitative estimate of drug-likeness (QED) is 0.751. The van der Waals surface area contributed by atoms with Crippen molar-refractivity contribution in [3.63, 3.8) is 0 Å². The molecule has 0 N–H and O–H groups in total. The first-order chi connectivity index (χ1) is 15.1. The van der Waals surface area contributed by atoms with E-state index in [-0.39, 0.29) is 17.9 Å². The predicted octanol–water partition coefficient (Wildman–Crippen LogP) is 2.74. The summed E-state index contributed by atoms with van der Waals surface area (Å²) in [5, 5.41) is 0. The molecule has 8 heteroatoms. The standard InChI is InChI=1S/C23H29N5O3/c1-16-13-25-19(15-24-16)23(30)28-10-4-3-5-20(28)17-8-11-27(12-9-17)22(29)18-6-7-21(31-2)26-14-18/h6-7,13-15,17,20H,3-5,8-12H2,1-2H3/t20-/m1/s1. The van der Waals surface area contributed by atoms with Crippen molar-refractivity contribution < 1.29 is 14.3 Å². The molecule has 0 unspecified atom stereocenters. The summed E-state index contributed by atoms with van der Waals surface area (Å²) >= 11 is 0. The van der Waals surface area contributed by atoms with Gasteiger partial charge in [0.1, 0.15) is 5.69 Å². The third kappa shape index (κ3) is 4.68. The maximum Gasteiger partial charge on any atom is 0.274 e. The maximum atomic E-state index is 13.1. The molecule has 2 aliphatic rings. The van der Waals surface area contributed by atoms with E-state index in [1.54, 1.807) is 37.8 Å². The third-order valence-corrected chi connectivity index (χ3v) is 6.37. The van der Waals surface area contributed by atoms with Gasteiger partial charge in [0, 0.05) is 44.1 Å². The molecule has 1 atom stereocenters. The number of amides is 2. The smallest absolute Gasteiger partial charge is 0.274 e. The number of nitrogens with zero attached hydrogens (tertiary/aromatic N) is 5. The highest BCUT2D eigenvalue weighted by molar-refractivity contribution is 5.94. The summed E-state index contributed by atoms with van der Waals surface area (Å²) in [6.45, 7) is 4.01. The molecule has 4 rings (SSSR count).